The Balaban J connectivity index is 1.90. The largest absolute Gasteiger partial charge is 0.382 e. The number of carbonyl (C=O) groups is 1. The first kappa shape index (κ1) is 19.4. The number of aryl methyl sites for hydroxylation is 2. The number of nitrogens with zero attached hydrogens (tertiary/aromatic N) is 3. The first-order valence-corrected chi connectivity index (χ1v) is 9.47. The summed E-state index contributed by atoms with van der Waals surface area (Å²) in [6.45, 7) is 3.97. The molecule has 0 saturated heterocycles. The number of nitrogen functional groups attached to an aromatic ring is 1. The highest BCUT2D eigenvalue weighted by molar-refractivity contribution is 8.00. The Labute approximate surface area is 167 Å². The number of benzene rings is 2. The van der Waals surface area contributed by atoms with Gasteiger partial charge in [0.15, 0.2) is 5.16 Å². The third kappa shape index (κ3) is 4.67. The van der Waals surface area contributed by atoms with Crippen molar-refractivity contribution < 1.29 is 4.79 Å². The van der Waals surface area contributed by atoms with Crippen LogP contribution in [-0.2, 0) is 4.79 Å². The van der Waals surface area contributed by atoms with E-state index in [2.05, 4.69) is 15.3 Å². The molecule has 0 fully saturated rings. The van der Waals surface area contributed by atoms with Crippen molar-refractivity contribution >= 4 is 29.2 Å². The maximum atomic E-state index is 13.1. The molecule has 1 amide bonds. The van der Waals surface area contributed by atoms with E-state index in [1.165, 1.54) is 18.0 Å². The van der Waals surface area contributed by atoms with Crippen LogP contribution in [0.15, 0.2) is 59.9 Å². The van der Waals surface area contributed by atoms with Crippen molar-refractivity contribution in [1.82, 2.24) is 9.97 Å². The monoisotopic (exact) mass is 389 g/mol. The van der Waals surface area contributed by atoms with Gasteiger partial charge in [0, 0.05) is 5.69 Å². The number of hydrogen-bond donors (Lipinski definition) is 2. The highest BCUT2D eigenvalue weighted by atomic mass is 32.2. The molecule has 1 aromatic heterocycles. The van der Waals surface area contributed by atoms with E-state index in [0.717, 1.165) is 22.4 Å². The summed E-state index contributed by atoms with van der Waals surface area (Å²) < 4.78 is 0. The Bertz CT molecular complexity index is 1030. The highest BCUT2D eigenvalue weighted by Crippen LogP contribution is 2.35. The van der Waals surface area contributed by atoms with Crippen LogP contribution in [0.2, 0.25) is 0 Å². The van der Waals surface area contributed by atoms with Crippen molar-refractivity contribution in [3.63, 3.8) is 0 Å². The van der Waals surface area contributed by atoms with Crippen molar-refractivity contribution in [2.75, 3.05) is 11.1 Å². The molecule has 28 heavy (non-hydrogen) atoms. The fourth-order valence-corrected chi connectivity index (χ4v) is 3.72. The Morgan fingerprint density at radius 1 is 1.18 bits per heavy atom. The van der Waals surface area contributed by atoms with Crippen molar-refractivity contribution in [3.05, 3.63) is 77.0 Å². The normalized spacial score (nSPS) is 11.5. The second-order valence-electron chi connectivity index (χ2n) is 6.34. The summed E-state index contributed by atoms with van der Waals surface area (Å²) in [5.41, 5.74) is 9.70. The third-order valence-electron chi connectivity index (χ3n) is 3.97. The molecule has 3 aromatic rings. The molecule has 3 N–H and O–H groups in total. The summed E-state index contributed by atoms with van der Waals surface area (Å²) in [4.78, 5) is 21.4. The van der Waals surface area contributed by atoms with Crippen LogP contribution < -0.4 is 11.1 Å². The minimum atomic E-state index is -0.575. The van der Waals surface area contributed by atoms with Crippen LogP contribution in [0.5, 0.6) is 0 Å². The molecule has 1 unspecified atom stereocenters. The van der Waals surface area contributed by atoms with Crippen LogP contribution in [0.25, 0.3) is 0 Å². The second kappa shape index (κ2) is 8.55. The molecular formula is C21H19N5OS. The predicted molar refractivity (Wildman–Crippen MR) is 111 cm³/mol. The SMILES string of the molecule is Cc1cc(C)cc(NC(=O)C(Sc2ncc(C#N)c(N)n2)c2ccccc2)c1. The maximum absolute atomic E-state index is 13.1. The summed E-state index contributed by atoms with van der Waals surface area (Å²) in [6.07, 6.45) is 1.37. The van der Waals surface area contributed by atoms with Gasteiger partial charge in [-0.3, -0.25) is 4.79 Å². The zero-order valence-electron chi connectivity index (χ0n) is 15.5. The van der Waals surface area contributed by atoms with Crippen LogP contribution >= 0.6 is 11.8 Å². The number of rotatable bonds is 5. The van der Waals surface area contributed by atoms with Gasteiger partial charge in [0.2, 0.25) is 5.91 Å². The van der Waals surface area contributed by atoms with Crippen molar-refractivity contribution in [2.24, 2.45) is 0 Å². The molecule has 140 valence electrons. The molecule has 2 aromatic carbocycles. The molecule has 1 atom stereocenters. The van der Waals surface area contributed by atoms with Crippen LogP contribution in [0.3, 0.4) is 0 Å². The number of anilines is 2. The topological polar surface area (TPSA) is 105 Å². The summed E-state index contributed by atoms with van der Waals surface area (Å²) in [7, 11) is 0. The minimum Gasteiger partial charge on any atom is -0.382 e. The molecule has 0 bridgehead atoms. The van der Waals surface area contributed by atoms with Crippen LogP contribution in [-0.4, -0.2) is 15.9 Å². The van der Waals surface area contributed by atoms with Crippen molar-refractivity contribution in [3.8, 4) is 6.07 Å². The van der Waals surface area contributed by atoms with Gasteiger partial charge in [-0.05, 0) is 42.7 Å². The zero-order valence-corrected chi connectivity index (χ0v) is 16.3. The second-order valence-corrected chi connectivity index (χ2v) is 7.41. The zero-order chi connectivity index (χ0) is 20.1. The molecule has 1 heterocycles. The van der Waals surface area contributed by atoms with Gasteiger partial charge in [-0.25, -0.2) is 9.97 Å². The minimum absolute atomic E-state index is 0.0986. The number of hydrogen-bond acceptors (Lipinski definition) is 6. The molecule has 6 nitrogen and oxygen atoms in total. The Kier molecular flexibility index (Phi) is 5.92. The molecule has 0 spiro atoms. The highest BCUT2D eigenvalue weighted by Gasteiger charge is 2.24. The van der Waals surface area contributed by atoms with Crippen molar-refractivity contribution in [1.29, 1.82) is 5.26 Å². The van der Waals surface area contributed by atoms with Crippen LogP contribution in [0, 0.1) is 25.2 Å². The fourth-order valence-electron chi connectivity index (χ4n) is 2.78. The lowest BCUT2D eigenvalue weighted by Crippen LogP contribution is -2.19. The summed E-state index contributed by atoms with van der Waals surface area (Å²) in [6, 6.07) is 17.2. The number of nitriles is 1. The lowest BCUT2D eigenvalue weighted by atomic mass is 10.1. The summed E-state index contributed by atoms with van der Waals surface area (Å²) >= 11 is 1.19. The number of nitrogens with two attached hydrogens (primary N) is 1. The smallest absolute Gasteiger partial charge is 0.242 e. The lowest BCUT2D eigenvalue weighted by molar-refractivity contribution is -0.115. The van der Waals surface area contributed by atoms with E-state index in [1.54, 1.807) is 0 Å². The van der Waals surface area contributed by atoms with Crippen LogP contribution in [0.1, 0.15) is 27.5 Å². The quantitative estimate of drug-likeness (QED) is 0.504. The van der Waals surface area contributed by atoms with E-state index in [0.29, 0.717) is 5.16 Å². The molecule has 0 aliphatic heterocycles. The van der Waals surface area contributed by atoms with Gasteiger partial charge in [-0.1, -0.05) is 48.2 Å². The summed E-state index contributed by atoms with van der Waals surface area (Å²) in [5, 5.41) is 11.7. The van der Waals surface area contributed by atoms with E-state index in [4.69, 9.17) is 11.0 Å². The Morgan fingerprint density at radius 2 is 1.86 bits per heavy atom. The van der Waals surface area contributed by atoms with Gasteiger partial charge in [-0.15, -0.1) is 0 Å². The van der Waals surface area contributed by atoms with Crippen LogP contribution in [0.4, 0.5) is 11.5 Å². The van der Waals surface area contributed by atoms with Gasteiger partial charge in [0.1, 0.15) is 22.7 Å². The Morgan fingerprint density at radius 3 is 2.46 bits per heavy atom. The number of nitrogens with one attached hydrogen (secondary N) is 1. The standard InChI is InChI=1S/C21H19N5OS/c1-13-8-14(2)10-17(9-13)25-20(27)18(15-6-4-3-5-7-15)28-21-24-12-16(11-22)19(23)26-21/h3-10,12,18H,1-2H3,(H,25,27)(H2,23,24,26). The van der Waals surface area contributed by atoms with E-state index >= 15 is 0 Å². The molecule has 7 heteroatoms. The number of aromatic nitrogens is 2. The molecule has 0 aliphatic carbocycles. The van der Waals surface area contributed by atoms with Gasteiger partial charge in [0.25, 0.3) is 0 Å². The van der Waals surface area contributed by atoms with Crippen molar-refractivity contribution in [2.45, 2.75) is 24.3 Å². The molecule has 3 rings (SSSR count). The van der Waals surface area contributed by atoms with E-state index in [-0.39, 0.29) is 17.3 Å². The average molecular weight is 389 g/mol. The summed E-state index contributed by atoms with van der Waals surface area (Å²) in [5.74, 6) is -0.0886. The molecule has 0 saturated carbocycles. The van der Waals surface area contributed by atoms with E-state index in [9.17, 15) is 4.79 Å². The van der Waals surface area contributed by atoms with E-state index < -0.39 is 5.25 Å². The van der Waals surface area contributed by atoms with Gasteiger partial charge < -0.3 is 11.1 Å². The molecule has 0 aliphatic rings. The first-order valence-electron chi connectivity index (χ1n) is 8.59. The third-order valence-corrected chi connectivity index (χ3v) is 5.10. The van der Waals surface area contributed by atoms with Gasteiger partial charge >= 0.3 is 0 Å². The van der Waals surface area contributed by atoms with Gasteiger partial charge in [0.05, 0.1) is 6.20 Å². The van der Waals surface area contributed by atoms with Gasteiger partial charge in [-0.2, -0.15) is 5.26 Å². The predicted octanol–water partition coefficient (Wildman–Crippen LogP) is 4.02. The fraction of sp³-hybridized carbons (Fsp3) is 0.143. The maximum Gasteiger partial charge on any atom is 0.242 e. The van der Waals surface area contributed by atoms with E-state index in [1.807, 2.05) is 68.4 Å². The number of thioether (sulfide) groups is 1. The molecular weight excluding hydrogens is 370 g/mol. The molecule has 0 radical (unpaired) electrons. The first-order chi connectivity index (χ1) is 13.5. The Hall–Kier alpha value is -3.37. The number of carbonyl (C=O) groups excluding carboxylic acids is 1. The average Bonchev–Trinajstić information content (AvgIpc) is 2.66. The number of amides is 1. The lowest BCUT2D eigenvalue weighted by Gasteiger charge is -2.17.